The zero-order chi connectivity index (χ0) is 12.6. The Bertz CT molecular complexity index is 481. The predicted octanol–water partition coefficient (Wildman–Crippen LogP) is 0.838. The van der Waals surface area contributed by atoms with Crippen LogP contribution < -0.4 is 0 Å². The van der Waals surface area contributed by atoms with Crippen LogP contribution in [-0.2, 0) is 27.1 Å². The molecule has 0 saturated carbocycles. The third kappa shape index (κ3) is 2.22. The van der Waals surface area contributed by atoms with E-state index in [0.29, 0.717) is 0 Å². The summed E-state index contributed by atoms with van der Waals surface area (Å²) in [7, 11) is -3.40. The van der Waals surface area contributed by atoms with Crippen molar-refractivity contribution in [1.82, 2.24) is 14.8 Å². The summed E-state index contributed by atoms with van der Waals surface area (Å²) >= 11 is 0. The molecule has 16 heavy (non-hydrogen) atoms. The van der Waals surface area contributed by atoms with Crippen LogP contribution in [0, 0.1) is 0 Å². The first kappa shape index (κ1) is 13.0. The smallest absolute Gasteiger partial charge is 0.368 e. The molecule has 0 spiro atoms. The number of aromatic nitrogens is 3. The second-order valence-corrected chi connectivity index (χ2v) is 4.94. The summed E-state index contributed by atoms with van der Waals surface area (Å²) < 4.78 is 40.8. The van der Waals surface area contributed by atoms with Crippen LogP contribution in [0.25, 0.3) is 0 Å². The van der Waals surface area contributed by atoms with Gasteiger partial charge in [0.25, 0.3) is 5.16 Å². The minimum atomic E-state index is -4.86. The van der Waals surface area contributed by atoms with Gasteiger partial charge in [-0.3, -0.25) is 4.57 Å². The van der Waals surface area contributed by atoms with Crippen LogP contribution in [-0.4, -0.2) is 30.3 Å². The summed E-state index contributed by atoms with van der Waals surface area (Å²) in [6, 6.07) is 0. The molecule has 0 bridgehead atoms. The maximum Gasteiger partial charge on any atom is 0.368 e. The van der Waals surface area contributed by atoms with E-state index in [4.69, 9.17) is 4.74 Å². The lowest BCUT2D eigenvalue weighted by Gasteiger charge is -2.22. The minimum Gasteiger partial charge on any atom is -0.371 e. The van der Waals surface area contributed by atoms with Crippen molar-refractivity contribution >= 4 is 10.2 Å². The van der Waals surface area contributed by atoms with Crippen LogP contribution in [0.5, 0.6) is 0 Å². The molecular weight excluding hydrogens is 237 g/mol. The van der Waals surface area contributed by atoms with E-state index in [2.05, 4.69) is 10.2 Å². The number of halogens is 1. The maximum atomic E-state index is 12.9. The Morgan fingerprint density at radius 1 is 1.44 bits per heavy atom. The summed E-state index contributed by atoms with van der Waals surface area (Å²) in [5.41, 5.74) is -0.827. The highest BCUT2D eigenvalue weighted by Crippen LogP contribution is 2.24. The Balaban J connectivity index is 3.42. The number of nitrogens with zero attached hydrogens (tertiary/aromatic N) is 3. The highest BCUT2D eigenvalue weighted by molar-refractivity contribution is 7.86. The highest BCUT2D eigenvalue weighted by Gasteiger charge is 2.31. The number of hydrogen-bond acceptors (Lipinski definition) is 5. The summed E-state index contributed by atoms with van der Waals surface area (Å²) in [6.45, 7) is 5.30. The van der Waals surface area contributed by atoms with Gasteiger partial charge in [0.1, 0.15) is 5.60 Å². The first-order valence-electron chi connectivity index (χ1n) is 4.67. The Morgan fingerprint density at radius 3 is 2.38 bits per heavy atom. The van der Waals surface area contributed by atoms with Crippen molar-refractivity contribution in [2.45, 2.75) is 38.1 Å². The van der Waals surface area contributed by atoms with Gasteiger partial charge in [-0.15, -0.1) is 10.2 Å². The molecule has 0 radical (unpaired) electrons. The van der Waals surface area contributed by atoms with Gasteiger partial charge >= 0.3 is 10.2 Å². The number of rotatable bonds is 4. The molecule has 92 valence electrons. The third-order valence-electron chi connectivity index (χ3n) is 2.30. The van der Waals surface area contributed by atoms with Crippen LogP contribution >= 0.6 is 0 Å². The molecule has 0 atom stereocenters. The maximum absolute atomic E-state index is 12.9. The van der Waals surface area contributed by atoms with Crippen molar-refractivity contribution in [3.05, 3.63) is 5.82 Å². The van der Waals surface area contributed by atoms with Crippen LogP contribution in [0.2, 0.25) is 0 Å². The molecule has 6 nitrogen and oxygen atoms in total. The average molecular weight is 251 g/mol. The Labute approximate surface area is 93.6 Å². The van der Waals surface area contributed by atoms with Gasteiger partial charge in [0.2, 0.25) is 0 Å². The largest absolute Gasteiger partial charge is 0.371 e. The second-order valence-electron chi connectivity index (χ2n) is 3.70. The SMILES string of the molecule is CCn1c(C(C)(C)OC)nnc1S(=O)(=O)F. The normalized spacial score (nSPS) is 13.1. The van der Waals surface area contributed by atoms with Gasteiger partial charge in [0, 0.05) is 13.7 Å². The van der Waals surface area contributed by atoms with Gasteiger partial charge in [0.05, 0.1) is 0 Å². The minimum absolute atomic E-state index is 0.244. The fraction of sp³-hybridized carbons (Fsp3) is 0.750. The number of hydrogen-bond donors (Lipinski definition) is 0. The van der Waals surface area contributed by atoms with Gasteiger partial charge in [0.15, 0.2) is 5.82 Å². The standard InChI is InChI=1S/C8H14FN3O3S/c1-5-12-6(8(2,3)15-4)10-11-7(12)16(9,13)14/h5H2,1-4H3. The van der Waals surface area contributed by atoms with Gasteiger partial charge in [-0.2, -0.15) is 8.42 Å². The molecule has 0 aliphatic heterocycles. The van der Waals surface area contributed by atoms with Gasteiger partial charge in [-0.25, -0.2) is 0 Å². The molecule has 0 fully saturated rings. The highest BCUT2D eigenvalue weighted by atomic mass is 32.3. The van der Waals surface area contributed by atoms with Crippen molar-refractivity contribution in [3.63, 3.8) is 0 Å². The molecule has 0 saturated heterocycles. The van der Waals surface area contributed by atoms with Crippen molar-refractivity contribution < 1.29 is 17.0 Å². The first-order valence-corrected chi connectivity index (χ1v) is 6.06. The molecular formula is C8H14FN3O3S. The summed E-state index contributed by atoms with van der Waals surface area (Å²) in [4.78, 5) is 0. The van der Waals surface area contributed by atoms with Crippen LogP contribution in [0.15, 0.2) is 5.16 Å². The van der Waals surface area contributed by atoms with Crippen molar-refractivity contribution in [3.8, 4) is 0 Å². The zero-order valence-electron chi connectivity index (χ0n) is 9.56. The Morgan fingerprint density at radius 2 is 2.00 bits per heavy atom. The topological polar surface area (TPSA) is 74.1 Å². The third-order valence-corrected chi connectivity index (χ3v) is 3.04. The predicted molar refractivity (Wildman–Crippen MR) is 54.0 cm³/mol. The van der Waals surface area contributed by atoms with Gasteiger partial charge < -0.3 is 4.74 Å². The van der Waals surface area contributed by atoms with E-state index in [1.54, 1.807) is 20.8 Å². The fourth-order valence-electron chi connectivity index (χ4n) is 1.29. The van der Waals surface area contributed by atoms with Crippen molar-refractivity contribution in [2.75, 3.05) is 7.11 Å². The van der Waals surface area contributed by atoms with Crippen LogP contribution in [0.3, 0.4) is 0 Å². The zero-order valence-corrected chi connectivity index (χ0v) is 10.4. The molecule has 0 N–H and O–H groups in total. The molecule has 1 aromatic heterocycles. The summed E-state index contributed by atoms with van der Waals surface area (Å²) in [6.07, 6.45) is 0. The van der Waals surface area contributed by atoms with E-state index < -0.39 is 21.0 Å². The van der Waals surface area contributed by atoms with Gasteiger partial charge in [-0.1, -0.05) is 3.89 Å². The average Bonchev–Trinajstić information content (AvgIpc) is 2.60. The Hall–Kier alpha value is -1.02. The summed E-state index contributed by atoms with van der Waals surface area (Å²) in [5.74, 6) is 0.272. The van der Waals surface area contributed by atoms with E-state index in [1.807, 2.05) is 0 Å². The van der Waals surface area contributed by atoms with E-state index in [1.165, 1.54) is 11.7 Å². The monoisotopic (exact) mass is 251 g/mol. The molecule has 1 aromatic rings. The Kier molecular flexibility index (Phi) is 3.34. The molecule has 0 aliphatic carbocycles. The van der Waals surface area contributed by atoms with E-state index in [9.17, 15) is 12.3 Å². The van der Waals surface area contributed by atoms with Crippen LogP contribution in [0.1, 0.15) is 26.6 Å². The molecule has 0 aliphatic rings. The molecule has 0 aromatic carbocycles. The fourth-order valence-corrected chi connectivity index (χ4v) is 1.91. The lowest BCUT2D eigenvalue weighted by molar-refractivity contribution is 0.00790. The molecule has 0 amide bonds. The van der Waals surface area contributed by atoms with Crippen molar-refractivity contribution in [2.24, 2.45) is 0 Å². The molecule has 1 rings (SSSR count). The van der Waals surface area contributed by atoms with Crippen LogP contribution in [0.4, 0.5) is 3.89 Å². The van der Waals surface area contributed by atoms with Crippen molar-refractivity contribution in [1.29, 1.82) is 0 Å². The van der Waals surface area contributed by atoms with E-state index >= 15 is 0 Å². The lowest BCUT2D eigenvalue weighted by atomic mass is 10.1. The number of ether oxygens (including phenoxy) is 1. The summed E-state index contributed by atoms with van der Waals surface area (Å²) in [5, 5.41) is 6.32. The number of methoxy groups -OCH3 is 1. The van der Waals surface area contributed by atoms with Gasteiger partial charge in [-0.05, 0) is 20.8 Å². The quantitative estimate of drug-likeness (QED) is 0.741. The second kappa shape index (κ2) is 4.10. The first-order chi connectivity index (χ1) is 7.24. The molecule has 1 heterocycles. The molecule has 8 heteroatoms. The van der Waals surface area contributed by atoms with E-state index in [0.717, 1.165) is 0 Å². The lowest BCUT2D eigenvalue weighted by Crippen LogP contribution is -2.25. The molecule has 0 unspecified atom stereocenters. The van der Waals surface area contributed by atoms with E-state index in [-0.39, 0.29) is 12.4 Å².